The highest BCUT2D eigenvalue weighted by Crippen LogP contribution is 2.55. The molecule has 0 aliphatic rings. The van der Waals surface area contributed by atoms with Crippen LogP contribution in [0, 0.1) is 11.6 Å². The zero-order valence-corrected chi connectivity index (χ0v) is 32.5. The number of hydrogen-bond acceptors (Lipinski definition) is 13. The molecular formula is C35H47F2N6O7PS. The average Bonchev–Trinajstić information content (AvgIpc) is 3.47. The molecule has 0 fully saturated rings. The van der Waals surface area contributed by atoms with Crippen molar-refractivity contribution in [2.45, 2.75) is 72.5 Å². The van der Waals surface area contributed by atoms with Crippen molar-refractivity contribution in [3.8, 4) is 11.5 Å². The number of phosphoric acid groups is 1. The summed E-state index contributed by atoms with van der Waals surface area (Å²) >= 11 is 1.22. The summed E-state index contributed by atoms with van der Waals surface area (Å²) in [4.78, 5) is 28.3. The van der Waals surface area contributed by atoms with Crippen LogP contribution in [0.1, 0.15) is 59.8 Å². The number of carbonyl (C=O) groups is 1. The molecule has 0 saturated heterocycles. The molecule has 2 N–H and O–H groups in total. The van der Waals surface area contributed by atoms with Gasteiger partial charge in [0.05, 0.1) is 49.2 Å². The number of methoxy groups -OCH3 is 1. The van der Waals surface area contributed by atoms with Gasteiger partial charge in [-0.1, -0.05) is 6.92 Å². The van der Waals surface area contributed by atoms with E-state index in [4.69, 9.17) is 23.0 Å². The third kappa shape index (κ3) is 12.7. The lowest BCUT2D eigenvalue weighted by Crippen LogP contribution is -2.30. The number of hydrogen-bond donors (Lipinski definition) is 2. The summed E-state index contributed by atoms with van der Waals surface area (Å²) in [6.07, 6.45) is 3.55. The van der Waals surface area contributed by atoms with Gasteiger partial charge in [-0.05, 0) is 72.7 Å². The molecule has 1 amide bonds. The fourth-order valence-electron chi connectivity index (χ4n) is 4.85. The summed E-state index contributed by atoms with van der Waals surface area (Å²) in [7, 11) is -2.24. The van der Waals surface area contributed by atoms with Gasteiger partial charge in [0.25, 0.3) is 0 Å². The van der Waals surface area contributed by atoms with Gasteiger partial charge in [0.1, 0.15) is 23.8 Å². The van der Waals surface area contributed by atoms with Crippen molar-refractivity contribution in [2.24, 2.45) is 0 Å². The zero-order valence-electron chi connectivity index (χ0n) is 30.7. The molecular weight excluding hydrogens is 717 g/mol. The first-order chi connectivity index (χ1) is 24.5. The molecule has 0 saturated carbocycles. The van der Waals surface area contributed by atoms with Crippen LogP contribution < -0.4 is 20.1 Å². The first-order valence-electron chi connectivity index (χ1n) is 16.8. The molecule has 0 radical (unpaired) electrons. The number of nitrogens with one attached hydrogen (secondary N) is 2. The molecule has 4 rings (SSSR count). The van der Waals surface area contributed by atoms with Crippen molar-refractivity contribution in [3.63, 3.8) is 0 Å². The second-order valence-corrected chi connectivity index (χ2v) is 16.3. The molecule has 4 aromatic rings. The van der Waals surface area contributed by atoms with Crippen LogP contribution in [0.5, 0.6) is 11.5 Å². The molecule has 13 nitrogen and oxygen atoms in total. The Kier molecular flexibility index (Phi) is 14.0. The van der Waals surface area contributed by atoms with Crippen molar-refractivity contribution < 1.29 is 41.2 Å². The minimum atomic E-state index is -3.79. The standard InChI is InChI=1S/C35H47F2N6O7PS/c1-9-43(14-16-48-51(45,49-34(2,3)4)50-35(5,6)7)13-10-15-47-30-20-27-25(19-29(30)46-8)32(40-22-39-27)42-33-38-21-24(52-33)18-31(44)41-28-17-23(36)11-12-26(28)37/h11-12,17,19-22H,9-10,13-16,18H2,1-8H3,(H,41,44)(H,38,39,40,42). The van der Waals surface area contributed by atoms with Crippen LogP contribution in [0.4, 0.5) is 25.4 Å². The predicted octanol–water partition coefficient (Wildman–Crippen LogP) is 8.14. The molecule has 17 heteroatoms. The molecule has 0 spiro atoms. The molecule has 2 heterocycles. The minimum absolute atomic E-state index is 0.0843. The van der Waals surface area contributed by atoms with Crippen LogP contribution in [-0.4, -0.2) is 76.9 Å². The van der Waals surface area contributed by atoms with Crippen LogP contribution in [-0.2, 0) is 29.4 Å². The number of rotatable bonds is 18. The molecule has 2 aromatic carbocycles. The van der Waals surface area contributed by atoms with Gasteiger partial charge in [0, 0.05) is 41.7 Å². The third-order valence-corrected chi connectivity index (χ3v) is 9.94. The first-order valence-corrected chi connectivity index (χ1v) is 19.0. The van der Waals surface area contributed by atoms with Gasteiger partial charge in [-0.2, -0.15) is 0 Å². The van der Waals surface area contributed by atoms with Crippen LogP contribution in [0.25, 0.3) is 10.9 Å². The van der Waals surface area contributed by atoms with E-state index in [-0.39, 0.29) is 18.7 Å². The van der Waals surface area contributed by atoms with Gasteiger partial charge in [0.2, 0.25) is 5.91 Å². The minimum Gasteiger partial charge on any atom is -0.493 e. The van der Waals surface area contributed by atoms with Crippen molar-refractivity contribution >= 4 is 52.6 Å². The number of thiazole rings is 1. The maximum Gasteiger partial charge on any atom is 0.475 e. The van der Waals surface area contributed by atoms with E-state index in [1.807, 2.05) is 6.92 Å². The van der Waals surface area contributed by atoms with Crippen LogP contribution in [0.15, 0.2) is 42.9 Å². The highest BCUT2D eigenvalue weighted by Gasteiger charge is 2.37. The van der Waals surface area contributed by atoms with E-state index < -0.39 is 36.6 Å². The number of aromatic nitrogens is 3. The van der Waals surface area contributed by atoms with Gasteiger partial charge in [-0.25, -0.2) is 28.3 Å². The Bertz CT molecular complexity index is 1850. The summed E-state index contributed by atoms with van der Waals surface area (Å²) in [5, 5.41) is 6.68. The van der Waals surface area contributed by atoms with Crippen LogP contribution in [0.2, 0.25) is 0 Å². The van der Waals surface area contributed by atoms with Crippen molar-refractivity contribution in [2.75, 3.05) is 50.6 Å². The van der Waals surface area contributed by atoms with E-state index in [0.717, 1.165) is 24.7 Å². The number of anilines is 3. The molecule has 0 aliphatic heterocycles. The Labute approximate surface area is 307 Å². The average molecular weight is 765 g/mol. The number of benzene rings is 2. The van der Waals surface area contributed by atoms with Crippen molar-refractivity contribution in [1.82, 2.24) is 19.9 Å². The normalized spacial score (nSPS) is 12.4. The SMILES string of the molecule is CCN(CCCOc1cc2ncnc(Nc3ncc(CC(=O)Nc4cc(F)ccc4F)s3)c2cc1OC)CCOP(=O)(OC(C)(C)C)OC(C)(C)C. The second kappa shape index (κ2) is 17.8. The summed E-state index contributed by atoms with van der Waals surface area (Å²) in [6.45, 7) is 15.4. The fourth-order valence-corrected chi connectivity index (χ4v) is 7.45. The van der Waals surface area contributed by atoms with E-state index in [1.165, 1.54) is 23.9 Å². The van der Waals surface area contributed by atoms with Gasteiger partial charge in [-0.3, -0.25) is 18.4 Å². The highest BCUT2D eigenvalue weighted by molar-refractivity contribution is 7.48. The molecule has 2 aromatic heterocycles. The lowest BCUT2D eigenvalue weighted by molar-refractivity contribution is -0.115. The van der Waals surface area contributed by atoms with E-state index in [1.54, 1.807) is 60.8 Å². The largest absolute Gasteiger partial charge is 0.493 e. The molecule has 0 bridgehead atoms. The number of likely N-dealkylation sites (N-methyl/N-ethyl adjacent to an activating group) is 1. The lowest BCUT2D eigenvalue weighted by atomic mass is 10.2. The van der Waals surface area contributed by atoms with Gasteiger partial charge in [0.15, 0.2) is 16.6 Å². The number of amides is 1. The summed E-state index contributed by atoms with van der Waals surface area (Å²) in [6, 6.07) is 6.40. The van der Waals surface area contributed by atoms with Gasteiger partial charge < -0.3 is 25.0 Å². The van der Waals surface area contributed by atoms with Crippen LogP contribution in [0.3, 0.4) is 0 Å². The number of halogens is 2. The summed E-state index contributed by atoms with van der Waals surface area (Å²) < 4.78 is 69.6. The van der Waals surface area contributed by atoms with Gasteiger partial charge >= 0.3 is 7.82 Å². The molecule has 52 heavy (non-hydrogen) atoms. The fraction of sp³-hybridized carbons (Fsp3) is 0.486. The smallest absolute Gasteiger partial charge is 0.475 e. The summed E-state index contributed by atoms with van der Waals surface area (Å²) in [5.74, 6) is -0.432. The second-order valence-electron chi connectivity index (χ2n) is 13.7. The van der Waals surface area contributed by atoms with E-state index in [2.05, 4.69) is 30.5 Å². The third-order valence-electron chi connectivity index (χ3n) is 6.99. The maximum atomic E-state index is 13.9. The maximum absolute atomic E-state index is 13.9. The van der Waals surface area contributed by atoms with Crippen LogP contribution >= 0.6 is 19.2 Å². The zero-order chi connectivity index (χ0) is 38.1. The Balaban J connectivity index is 1.32. The summed E-state index contributed by atoms with van der Waals surface area (Å²) in [5.41, 5.74) is -1.04. The molecule has 0 aliphatic carbocycles. The Hall–Kier alpha value is -3.79. The van der Waals surface area contributed by atoms with E-state index >= 15 is 0 Å². The van der Waals surface area contributed by atoms with Crippen molar-refractivity contribution in [1.29, 1.82) is 0 Å². The Morgan fingerprint density at radius 3 is 2.37 bits per heavy atom. The number of carbonyl (C=O) groups excluding carboxylic acids is 1. The molecule has 284 valence electrons. The quantitative estimate of drug-likeness (QED) is 0.0745. The number of nitrogens with zero attached hydrogens (tertiary/aromatic N) is 4. The number of phosphoric ester groups is 1. The lowest BCUT2D eigenvalue weighted by Gasteiger charge is -2.31. The molecule has 0 atom stereocenters. The van der Waals surface area contributed by atoms with E-state index in [0.29, 0.717) is 64.3 Å². The Morgan fingerprint density at radius 1 is 0.962 bits per heavy atom. The predicted molar refractivity (Wildman–Crippen MR) is 198 cm³/mol. The first kappa shape index (κ1) is 41.0. The monoisotopic (exact) mass is 764 g/mol. The van der Waals surface area contributed by atoms with Crippen molar-refractivity contribution in [3.05, 3.63) is 59.4 Å². The Morgan fingerprint density at radius 2 is 1.69 bits per heavy atom. The topological polar surface area (TPSA) is 146 Å². The van der Waals surface area contributed by atoms with Gasteiger partial charge in [-0.15, -0.1) is 11.3 Å². The number of fused-ring (bicyclic) bond motifs is 1. The highest BCUT2D eigenvalue weighted by atomic mass is 32.1. The molecule has 0 unspecified atom stereocenters. The van der Waals surface area contributed by atoms with E-state index in [9.17, 15) is 18.1 Å². The number of ether oxygens (including phenoxy) is 2.